The fourth-order valence-electron chi connectivity index (χ4n) is 4.68. The first kappa shape index (κ1) is 41.5. The van der Waals surface area contributed by atoms with Crippen LogP contribution < -0.4 is 26.6 Å². The predicted molar refractivity (Wildman–Crippen MR) is 178 cm³/mol. The molecule has 1 aromatic rings. The van der Waals surface area contributed by atoms with Gasteiger partial charge in [-0.3, -0.25) is 24.0 Å². The summed E-state index contributed by atoms with van der Waals surface area (Å²) in [6, 6.07) is 3.15. The van der Waals surface area contributed by atoms with Crippen molar-refractivity contribution < 1.29 is 43.4 Å². The lowest BCUT2D eigenvalue weighted by Crippen LogP contribution is -2.59. The summed E-state index contributed by atoms with van der Waals surface area (Å²) in [4.78, 5) is 89.9. The van der Waals surface area contributed by atoms with E-state index in [1.165, 1.54) is 0 Å². The Bertz CT molecular complexity index is 1270. The first-order valence-electron chi connectivity index (χ1n) is 16.3. The number of alkyl carbamates (subject to hydrolysis) is 1. The van der Waals surface area contributed by atoms with Crippen LogP contribution in [0, 0.1) is 23.7 Å². The van der Waals surface area contributed by atoms with Gasteiger partial charge in [-0.05, 0) is 42.1 Å². The van der Waals surface area contributed by atoms with Gasteiger partial charge < -0.3 is 36.4 Å². The molecule has 268 valence electrons. The third kappa shape index (κ3) is 13.7. The van der Waals surface area contributed by atoms with Crippen LogP contribution in [0.1, 0.15) is 80.7 Å². The zero-order valence-corrected chi connectivity index (χ0v) is 29.4. The van der Waals surface area contributed by atoms with Crippen LogP contribution in [0.2, 0.25) is 0 Å². The molecule has 1 rings (SSSR count). The van der Waals surface area contributed by atoms with Crippen molar-refractivity contribution in [3.8, 4) is 0 Å². The second kappa shape index (κ2) is 20.0. The summed E-state index contributed by atoms with van der Waals surface area (Å²) in [5, 5.41) is 22.0. The smallest absolute Gasteiger partial charge is 0.408 e. The Morgan fingerprint density at radius 3 is 1.62 bits per heavy atom. The highest BCUT2D eigenvalue weighted by atomic mass is 16.5. The number of carboxylic acids is 1. The molecule has 5 atom stereocenters. The maximum absolute atomic E-state index is 13.4. The van der Waals surface area contributed by atoms with E-state index < -0.39 is 83.5 Å². The van der Waals surface area contributed by atoms with E-state index in [0.29, 0.717) is 0 Å². The van der Waals surface area contributed by atoms with Gasteiger partial charge in [0.05, 0.1) is 6.04 Å². The Labute approximate surface area is 282 Å². The van der Waals surface area contributed by atoms with Crippen LogP contribution >= 0.6 is 0 Å². The van der Waals surface area contributed by atoms with Gasteiger partial charge in [0, 0.05) is 0 Å². The largest absolute Gasteiger partial charge is 0.480 e. The summed E-state index contributed by atoms with van der Waals surface area (Å²) < 4.78 is 5.24. The molecular formula is C34H53N5O9. The molecule has 0 heterocycles. The van der Waals surface area contributed by atoms with Gasteiger partial charge in [0.15, 0.2) is 0 Å². The lowest BCUT2D eigenvalue weighted by molar-refractivity contribution is -0.144. The van der Waals surface area contributed by atoms with E-state index in [4.69, 9.17) is 4.74 Å². The van der Waals surface area contributed by atoms with Crippen molar-refractivity contribution in [1.82, 2.24) is 26.6 Å². The van der Waals surface area contributed by atoms with Crippen molar-refractivity contribution in [3.63, 3.8) is 0 Å². The fraction of sp³-hybridized carbons (Fsp3) is 0.618. The van der Waals surface area contributed by atoms with Crippen molar-refractivity contribution in [3.05, 3.63) is 35.9 Å². The fourth-order valence-corrected chi connectivity index (χ4v) is 4.68. The lowest BCUT2D eigenvalue weighted by Gasteiger charge is -2.28. The Morgan fingerprint density at radius 1 is 0.646 bits per heavy atom. The van der Waals surface area contributed by atoms with Gasteiger partial charge in [0.25, 0.3) is 5.91 Å². The number of Topliss-reactive ketones (excluding diaryl/α,β-unsaturated/α-hetero) is 1. The van der Waals surface area contributed by atoms with Crippen LogP contribution in [0.4, 0.5) is 4.79 Å². The van der Waals surface area contributed by atoms with Crippen molar-refractivity contribution >= 4 is 41.5 Å². The zero-order valence-electron chi connectivity index (χ0n) is 29.4. The third-order valence-corrected chi connectivity index (χ3v) is 7.51. The molecule has 0 saturated carbocycles. The number of nitrogens with one attached hydrogen (secondary N) is 5. The predicted octanol–water partition coefficient (Wildman–Crippen LogP) is 2.30. The van der Waals surface area contributed by atoms with Crippen molar-refractivity contribution in [1.29, 1.82) is 0 Å². The minimum atomic E-state index is -1.28. The van der Waals surface area contributed by atoms with Gasteiger partial charge >= 0.3 is 12.1 Å². The van der Waals surface area contributed by atoms with E-state index in [2.05, 4.69) is 26.6 Å². The van der Waals surface area contributed by atoms with E-state index in [9.17, 15) is 38.7 Å². The number of hydrogen-bond donors (Lipinski definition) is 6. The number of rotatable bonds is 19. The second-order valence-electron chi connectivity index (χ2n) is 13.2. The Morgan fingerprint density at radius 2 is 1.15 bits per heavy atom. The summed E-state index contributed by atoms with van der Waals surface area (Å²) in [5.74, 6) is -6.83. The average Bonchev–Trinajstić information content (AvgIpc) is 3.01. The standard InChI is InChI=1S/C34H53N5O9/c1-10-23(28(40)32(44)36-24(16-18(2)3)29(41)38-27(21(8)9)33(45)46)35-30(42)25(19(4)5)37-31(43)26(20(6)7)39-34(47)48-17-22-14-12-11-13-15-22/h11-15,18-21,23-27H,10,16-17H2,1-9H3,(H,35,42)(H,36,44)(H,37,43)(H,38,41)(H,39,47)(H,45,46)/t23-,24-,25-,26-,27-/m0/s1. The summed E-state index contributed by atoms with van der Waals surface area (Å²) >= 11 is 0. The highest BCUT2D eigenvalue weighted by Gasteiger charge is 2.35. The summed E-state index contributed by atoms with van der Waals surface area (Å²) in [7, 11) is 0. The molecule has 14 heteroatoms. The number of aliphatic carboxylic acids is 1. The van der Waals surface area contributed by atoms with Crippen LogP contribution in [0.5, 0.6) is 0 Å². The number of carbonyl (C=O) groups is 7. The molecule has 0 aliphatic carbocycles. The first-order chi connectivity index (χ1) is 22.4. The molecule has 5 amide bonds. The van der Waals surface area contributed by atoms with Crippen molar-refractivity contribution in [2.24, 2.45) is 23.7 Å². The highest BCUT2D eigenvalue weighted by Crippen LogP contribution is 2.11. The van der Waals surface area contributed by atoms with Gasteiger partial charge in [0.2, 0.25) is 23.5 Å². The Hall–Kier alpha value is -4.49. The molecule has 0 unspecified atom stereocenters. The molecule has 0 bridgehead atoms. The number of ether oxygens (including phenoxy) is 1. The molecule has 0 fully saturated rings. The van der Waals surface area contributed by atoms with E-state index in [1.807, 2.05) is 6.07 Å². The van der Waals surface area contributed by atoms with Crippen molar-refractivity contribution in [2.75, 3.05) is 0 Å². The molecule has 48 heavy (non-hydrogen) atoms. The maximum atomic E-state index is 13.4. The molecule has 0 aliphatic rings. The average molecular weight is 676 g/mol. The van der Waals surface area contributed by atoms with Gasteiger partial charge in [-0.1, -0.05) is 92.6 Å². The van der Waals surface area contributed by atoms with Gasteiger partial charge in [0.1, 0.15) is 30.8 Å². The van der Waals surface area contributed by atoms with Crippen LogP contribution in [-0.4, -0.2) is 76.8 Å². The molecule has 0 aliphatic heterocycles. The number of ketones is 1. The Balaban J connectivity index is 2.98. The van der Waals surface area contributed by atoms with Gasteiger partial charge in [-0.25, -0.2) is 9.59 Å². The molecule has 1 aromatic carbocycles. The quantitative estimate of drug-likeness (QED) is 0.119. The molecule has 0 aromatic heterocycles. The third-order valence-electron chi connectivity index (χ3n) is 7.51. The summed E-state index contributed by atoms with van der Waals surface area (Å²) in [6.07, 6.45) is -0.659. The number of carbonyl (C=O) groups excluding carboxylic acids is 6. The highest BCUT2D eigenvalue weighted by molar-refractivity contribution is 6.38. The molecule has 0 saturated heterocycles. The van der Waals surface area contributed by atoms with Crippen molar-refractivity contribution in [2.45, 2.75) is 112 Å². The number of amides is 5. The van der Waals surface area contributed by atoms with E-state index in [0.717, 1.165) is 5.56 Å². The minimum Gasteiger partial charge on any atom is -0.480 e. The van der Waals surface area contributed by atoms with E-state index >= 15 is 0 Å². The number of carboxylic acid groups (broad SMARTS) is 1. The van der Waals surface area contributed by atoms with Crippen LogP contribution in [0.3, 0.4) is 0 Å². The molecule has 0 spiro atoms. The Kier molecular flexibility index (Phi) is 17.3. The number of benzene rings is 1. The lowest BCUT2D eigenvalue weighted by atomic mass is 9.98. The zero-order chi connectivity index (χ0) is 36.7. The van der Waals surface area contributed by atoms with Gasteiger partial charge in [-0.2, -0.15) is 0 Å². The summed E-state index contributed by atoms with van der Waals surface area (Å²) in [5.41, 5.74) is 0.764. The van der Waals surface area contributed by atoms with E-state index in [-0.39, 0.29) is 31.3 Å². The second-order valence-corrected chi connectivity index (χ2v) is 13.2. The van der Waals surface area contributed by atoms with E-state index in [1.54, 1.807) is 86.6 Å². The first-order valence-corrected chi connectivity index (χ1v) is 16.3. The SMILES string of the molecule is CC[C@H](NC(=O)[C@@H](NC(=O)[C@@H](NC(=O)OCc1ccccc1)C(C)C)C(C)C)C(=O)C(=O)N[C@@H](CC(C)C)C(=O)N[C@H](C(=O)O)C(C)C. The minimum absolute atomic E-state index is 0.000166. The van der Waals surface area contributed by atoms with Crippen LogP contribution in [0.15, 0.2) is 30.3 Å². The monoisotopic (exact) mass is 675 g/mol. The summed E-state index contributed by atoms with van der Waals surface area (Å²) in [6.45, 7) is 15.2. The molecule has 0 radical (unpaired) electrons. The van der Waals surface area contributed by atoms with Crippen LogP contribution in [-0.2, 0) is 40.1 Å². The van der Waals surface area contributed by atoms with Gasteiger partial charge in [-0.15, -0.1) is 0 Å². The maximum Gasteiger partial charge on any atom is 0.408 e. The molecular weight excluding hydrogens is 622 g/mol. The normalized spacial score (nSPS) is 14.4. The number of hydrogen-bond acceptors (Lipinski definition) is 8. The topological polar surface area (TPSA) is 209 Å². The molecule has 14 nitrogen and oxygen atoms in total. The molecule has 6 N–H and O–H groups in total. The van der Waals surface area contributed by atoms with Crippen LogP contribution in [0.25, 0.3) is 0 Å².